The molecule has 0 bridgehead atoms. The van der Waals surface area contributed by atoms with E-state index in [1.54, 1.807) is 0 Å². The molecule has 94 valence electrons. The molecule has 1 aromatic carbocycles. The smallest absolute Gasteiger partial charge is 0.0828 e. The molecular weight excluding hydrogens is 222 g/mol. The highest BCUT2D eigenvalue weighted by molar-refractivity contribution is 5.57. The summed E-state index contributed by atoms with van der Waals surface area (Å²) in [5.74, 6) is 0. The number of aryl methyl sites for hydroxylation is 2. The van der Waals surface area contributed by atoms with E-state index in [0.29, 0.717) is 0 Å². The normalized spacial score (nSPS) is 16.6. The van der Waals surface area contributed by atoms with Gasteiger partial charge in [-0.05, 0) is 32.3 Å². The molecule has 2 aromatic rings. The second-order valence-electron chi connectivity index (χ2n) is 5.24. The van der Waals surface area contributed by atoms with Crippen LogP contribution in [0.3, 0.4) is 0 Å². The van der Waals surface area contributed by atoms with Gasteiger partial charge in [-0.25, -0.2) is 0 Å². The monoisotopic (exact) mass is 241 g/mol. The number of aromatic nitrogens is 2. The summed E-state index contributed by atoms with van der Waals surface area (Å²) in [7, 11) is 2.00. The zero-order valence-corrected chi connectivity index (χ0v) is 11.2. The van der Waals surface area contributed by atoms with Crippen LogP contribution >= 0.6 is 0 Å². The molecule has 1 saturated carbocycles. The predicted molar refractivity (Wildman–Crippen MR) is 73.7 cm³/mol. The zero-order valence-electron chi connectivity index (χ0n) is 11.2. The molecule has 0 saturated heterocycles. The number of hydrogen-bond donors (Lipinski definition) is 1. The molecule has 1 aromatic heterocycles. The molecule has 1 fully saturated rings. The van der Waals surface area contributed by atoms with Gasteiger partial charge in [-0.1, -0.05) is 30.3 Å². The summed E-state index contributed by atoms with van der Waals surface area (Å²) in [6.45, 7) is 4.18. The molecule has 3 nitrogen and oxygen atoms in total. The summed E-state index contributed by atoms with van der Waals surface area (Å²) >= 11 is 0. The van der Waals surface area contributed by atoms with Gasteiger partial charge in [0.1, 0.15) is 0 Å². The zero-order chi connectivity index (χ0) is 12.8. The van der Waals surface area contributed by atoms with Crippen molar-refractivity contribution in [1.29, 1.82) is 0 Å². The molecule has 0 atom stereocenters. The van der Waals surface area contributed by atoms with Gasteiger partial charge in [0.2, 0.25) is 0 Å². The second-order valence-corrected chi connectivity index (χ2v) is 5.24. The third-order valence-corrected chi connectivity index (χ3v) is 3.95. The maximum atomic E-state index is 4.47. The fraction of sp³-hybridized carbons (Fsp3) is 0.400. The molecule has 3 rings (SSSR count). The first-order valence-corrected chi connectivity index (χ1v) is 6.46. The van der Waals surface area contributed by atoms with Gasteiger partial charge < -0.3 is 5.32 Å². The molecule has 1 aliphatic carbocycles. The van der Waals surface area contributed by atoms with Crippen LogP contribution in [-0.4, -0.2) is 9.78 Å². The van der Waals surface area contributed by atoms with E-state index in [1.165, 1.54) is 29.8 Å². The topological polar surface area (TPSA) is 29.9 Å². The van der Waals surface area contributed by atoms with E-state index in [2.05, 4.69) is 54.6 Å². The number of rotatable bonds is 3. The standard InChI is InChI=1S/C15H19N3/c1-11-14(12(2)18(3)17-11)16-15(9-10-15)13-7-5-4-6-8-13/h4-8,16H,9-10H2,1-3H3. The van der Waals surface area contributed by atoms with Crippen molar-refractivity contribution in [2.45, 2.75) is 32.2 Å². The van der Waals surface area contributed by atoms with E-state index in [-0.39, 0.29) is 5.54 Å². The van der Waals surface area contributed by atoms with Gasteiger partial charge in [-0.3, -0.25) is 4.68 Å². The van der Waals surface area contributed by atoms with Crippen LogP contribution in [0.5, 0.6) is 0 Å². The maximum absolute atomic E-state index is 4.47. The summed E-state index contributed by atoms with van der Waals surface area (Å²) in [6.07, 6.45) is 2.40. The highest BCUT2D eigenvalue weighted by atomic mass is 15.3. The van der Waals surface area contributed by atoms with Gasteiger partial charge in [0.25, 0.3) is 0 Å². The lowest BCUT2D eigenvalue weighted by Gasteiger charge is -2.19. The first kappa shape index (κ1) is 11.3. The molecular formula is C15H19N3. The minimum atomic E-state index is 0.139. The Morgan fingerprint density at radius 2 is 1.83 bits per heavy atom. The molecule has 0 unspecified atom stereocenters. The first-order chi connectivity index (χ1) is 8.62. The van der Waals surface area contributed by atoms with Crippen molar-refractivity contribution in [3.8, 4) is 0 Å². The summed E-state index contributed by atoms with van der Waals surface area (Å²) in [5.41, 5.74) is 5.00. The average Bonchev–Trinajstić information content (AvgIpc) is 3.12. The van der Waals surface area contributed by atoms with E-state index in [0.717, 1.165) is 5.69 Å². The quantitative estimate of drug-likeness (QED) is 0.894. The Kier molecular flexibility index (Phi) is 2.44. The molecule has 1 N–H and O–H groups in total. The van der Waals surface area contributed by atoms with Crippen LogP contribution in [0.25, 0.3) is 0 Å². The predicted octanol–water partition coefficient (Wildman–Crippen LogP) is 3.14. The van der Waals surface area contributed by atoms with Gasteiger partial charge in [-0.15, -0.1) is 0 Å². The van der Waals surface area contributed by atoms with Crippen molar-refractivity contribution in [2.24, 2.45) is 7.05 Å². The Morgan fingerprint density at radius 1 is 1.17 bits per heavy atom. The van der Waals surface area contributed by atoms with Gasteiger partial charge in [-0.2, -0.15) is 5.10 Å². The van der Waals surface area contributed by atoms with Gasteiger partial charge in [0.15, 0.2) is 0 Å². The Hall–Kier alpha value is -1.77. The molecule has 18 heavy (non-hydrogen) atoms. The van der Waals surface area contributed by atoms with Crippen LogP contribution in [0.1, 0.15) is 29.8 Å². The number of anilines is 1. The summed E-state index contributed by atoms with van der Waals surface area (Å²) in [5, 5.41) is 8.19. The van der Waals surface area contributed by atoms with E-state index in [4.69, 9.17) is 0 Å². The van der Waals surface area contributed by atoms with Crippen LogP contribution in [-0.2, 0) is 12.6 Å². The fourth-order valence-corrected chi connectivity index (χ4v) is 2.56. The van der Waals surface area contributed by atoms with E-state index in [9.17, 15) is 0 Å². The summed E-state index contributed by atoms with van der Waals surface area (Å²) < 4.78 is 1.94. The van der Waals surface area contributed by atoms with E-state index < -0.39 is 0 Å². The lowest BCUT2D eigenvalue weighted by atomic mass is 10.0. The van der Waals surface area contributed by atoms with Crippen LogP contribution in [0.2, 0.25) is 0 Å². The summed E-state index contributed by atoms with van der Waals surface area (Å²) in [4.78, 5) is 0. The minimum absolute atomic E-state index is 0.139. The lowest BCUT2D eigenvalue weighted by Crippen LogP contribution is -2.19. The van der Waals surface area contributed by atoms with E-state index in [1.807, 2.05) is 11.7 Å². The van der Waals surface area contributed by atoms with Crippen molar-refractivity contribution in [3.63, 3.8) is 0 Å². The Balaban J connectivity index is 1.93. The Bertz CT molecular complexity index is 565. The second kappa shape index (κ2) is 3.87. The van der Waals surface area contributed by atoms with E-state index >= 15 is 0 Å². The minimum Gasteiger partial charge on any atom is -0.373 e. The maximum Gasteiger partial charge on any atom is 0.0828 e. The third-order valence-electron chi connectivity index (χ3n) is 3.95. The van der Waals surface area contributed by atoms with Crippen LogP contribution in [0.15, 0.2) is 30.3 Å². The van der Waals surface area contributed by atoms with Crippen molar-refractivity contribution >= 4 is 5.69 Å². The first-order valence-electron chi connectivity index (χ1n) is 6.46. The van der Waals surface area contributed by atoms with Crippen molar-refractivity contribution < 1.29 is 0 Å². The molecule has 3 heteroatoms. The van der Waals surface area contributed by atoms with Crippen molar-refractivity contribution in [1.82, 2.24) is 9.78 Å². The Labute approximate surface area is 108 Å². The number of benzene rings is 1. The van der Waals surface area contributed by atoms with Gasteiger partial charge in [0.05, 0.1) is 22.6 Å². The molecule has 0 radical (unpaired) electrons. The highest BCUT2D eigenvalue weighted by Crippen LogP contribution is 2.48. The third kappa shape index (κ3) is 1.70. The summed E-state index contributed by atoms with van der Waals surface area (Å²) in [6, 6.07) is 10.7. The number of hydrogen-bond acceptors (Lipinski definition) is 2. The molecule has 1 heterocycles. The number of nitrogens with one attached hydrogen (secondary N) is 1. The van der Waals surface area contributed by atoms with Crippen molar-refractivity contribution in [3.05, 3.63) is 47.3 Å². The molecule has 0 aliphatic heterocycles. The van der Waals surface area contributed by atoms with Crippen LogP contribution in [0, 0.1) is 13.8 Å². The Morgan fingerprint density at radius 3 is 2.33 bits per heavy atom. The molecule has 1 aliphatic rings. The van der Waals surface area contributed by atoms with Crippen LogP contribution < -0.4 is 5.32 Å². The molecule has 0 amide bonds. The van der Waals surface area contributed by atoms with Crippen LogP contribution in [0.4, 0.5) is 5.69 Å². The van der Waals surface area contributed by atoms with Gasteiger partial charge >= 0.3 is 0 Å². The SMILES string of the molecule is Cc1nn(C)c(C)c1NC1(c2ccccc2)CC1. The fourth-order valence-electron chi connectivity index (χ4n) is 2.56. The molecule has 0 spiro atoms. The van der Waals surface area contributed by atoms with Crippen molar-refractivity contribution in [2.75, 3.05) is 5.32 Å². The lowest BCUT2D eigenvalue weighted by molar-refractivity contribution is 0.730. The highest BCUT2D eigenvalue weighted by Gasteiger charge is 2.44. The van der Waals surface area contributed by atoms with Gasteiger partial charge in [0, 0.05) is 7.05 Å². The average molecular weight is 241 g/mol. The number of nitrogens with zero attached hydrogens (tertiary/aromatic N) is 2. The largest absolute Gasteiger partial charge is 0.373 e.